The van der Waals surface area contributed by atoms with Gasteiger partial charge in [0.05, 0.1) is 12.8 Å². The monoisotopic (exact) mass is 432 g/mol. The van der Waals surface area contributed by atoms with Crippen molar-refractivity contribution in [1.29, 1.82) is 0 Å². The molecule has 1 atom stereocenters. The number of hydrogen-bond donors (Lipinski definition) is 0. The number of benzene rings is 1. The van der Waals surface area contributed by atoms with Crippen LogP contribution in [0.25, 0.3) is 11.1 Å². The summed E-state index contributed by atoms with van der Waals surface area (Å²) in [5.41, 5.74) is 4.41. The van der Waals surface area contributed by atoms with Gasteiger partial charge in [-0.2, -0.15) is 0 Å². The molecule has 7 heteroatoms. The van der Waals surface area contributed by atoms with E-state index < -0.39 is 0 Å². The van der Waals surface area contributed by atoms with Gasteiger partial charge in [-0.1, -0.05) is 26.0 Å². The Hall–Kier alpha value is -3.06. The molecule has 0 radical (unpaired) electrons. The number of nitrogens with zero attached hydrogens (tertiary/aromatic N) is 6. The lowest BCUT2D eigenvalue weighted by Crippen LogP contribution is -2.21. The summed E-state index contributed by atoms with van der Waals surface area (Å²) in [6, 6.07) is 8.12. The first-order valence-electron chi connectivity index (χ1n) is 11.2. The van der Waals surface area contributed by atoms with Gasteiger partial charge in [0.1, 0.15) is 11.6 Å². The van der Waals surface area contributed by atoms with Gasteiger partial charge in [-0.3, -0.25) is 4.90 Å². The molecule has 0 N–H and O–H groups in total. The molecule has 3 aromatic rings. The van der Waals surface area contributed by atoms with E-state index in [4.69, 9.17) is 9.72 Å². The number of methoxy groups -OCH3 is 1. The molecule has 0 aliphatic carbocycles. The van der Waals surface area contributed by atoms with Gasteiger partial charge in [0, 0.05) is 68.7 Å². The Morgan fingerprint density at radius 3 is 2.59 bits per heavy atom. The van der Waals surface area contributed by atoms with Crippen LogP contribution in [-0.2, 0) is 6.54 Å². The Morgan fingerprint density at radius 2 is 1.91 bits per heavy atom. The molecule has 7 nitrogen and oxygen atoms in total. The van der Waals surface area contributed by atoms with Gasteiger partial charge in [0.2, 0.25) is 5.95 Å². The first-order chi connectivity index (χ1) is 15.4. The Morgan fingerprint density at radius 1 is 1.12 bits per heavy atom. The predicted molar refractivity (Wildman–Crippen MR) is 127 cm³/mol. The van der Waals surface area contributed by atoms with Crippen LogP contribution in [-0.4, -0.2) is 59.1 Å². The maximum Gasteiger partial charge on any atom is 0.225 e. The second-order valence-electron chi connectivity index (χ2n) is 8.92. The SMILES string of the molecule is COc1cccc(-c2cnc(N(C)C)nc2[C@H]2CCN(Cc3cnc(C(C)C)nc3)C2)c1. The zero-order chi connectivity index (χ0) is 22.7. The van der Waals surface area contributed by atoms with Gasteiger partial charge in [-0.05, 0) is 30.7 Å². The standard InChI is InChI=1S/C25H32N6O/c1-17(2)24-26-12-18(13-27-24)15-31-10-9-20(16-31)23-22(14-28-25(29-23)30(3)4)19-7-6-8-21(11-19)32-5/h6-8,11-14,17,20H,9-10,15-16H2,1-5H3/t20-/m0/s1. The summed E-state index contributed by atoms with van der Waals surface area (Å²) in [5.74, 6) is 3.16. The highest BCUT2D eigenvalue weighted by atomic mass is 16.5. The Balaban J connectivity index is 1.57. The van der Waals surface area contributed by atoms with Crippen molar-refractivity contribution in [3.63, 3.8) is 0 Å². The molecule has 1 aliphatic rings. The van der Waals surface area contributed by atoms with E-state index in [0.717, 1.165) is 66.0 Å². The summed E-state index contributed by atoms with van der Waals surface area (Å²) in [6.45, 7) is 7.06. The summed E-state index contributed by atoms with van der Waals surface area (Å²) in [6.07, 6.45) is 6.94. The van der Waals surface area contributed by atoms with E-state index >= 15 is 0 Å². The van der Waals surface area contributed by atoms with Crippen molar-refractivity contribution in [2.45, 2.75) is 38.6 Å². The quantitative estimate of drug-likeness (QED) is 0.556. The minimum Gasteiger partial charge on any atom is -0.497 e. The van der Waals surface area contributed by atoms with Crippen LogP contribution < -0.4 is 9.64 Å². The Labute approximate surface area is 190 Å². The number of anilines is 1. The number of rotatable bonds is 7. The van der Waals surface area contributed by atoms with Crippen LogP contribution in [0.2, 0.25) is 0 Å². The lowest BCUT2D eigenvalue weighted by atomic mass is 9.96. The summed E-state index contributed by atoms with van der Waals surface area (Å²) >= 11 is 0. The van der Waals surface area contributed by atoms with Gasteiger partial charge in [-0.25, -0.2) is 19.9 Å². The zero-order valence-corrected chi connectivity index (χ0v) is 19.6. The summed E-state index contributed by atoms with van der Waals surface area (Å²) in [7, 11) is 5.65. The molecule has 1 saturated heterocycles. The molecule has 4 rings (SSSR count). The molecule has 0 spiro atoms. The maximum absolute atomic E-state index is 5.44. The molecule has 1 fully saturated rings. The maximum atomic E-state index is 5.44. The molecule has 0 saturated carbocycles. The molecule has 0 amide bonds. The minimum absolute atomic E-state index is 0.341. The fraction of sp³-hybridized carbons (Fsp3) is 0.440. The fourth-order valence-corrected chi connectivity index (χ4v) is 4.13. The van der Waals surface area contributed by atoms with E-state index in [9.17, 15) is 0 Å². The molecule has 1 aromatic carbocycles. The summed E-state index contributed by atoms with van der Waals surface area (Å²) in [4.78, 5) is 23.0. The molecule has 1 aliphatic heterocycles. The topological polar surface area (TPSA) is 67.3 Å². The Kier molecular flexibility index (Phi) is 6.65. The second kappa shape index (κ2) is 9.61. The van der Waals surface area contributed by atoms with Crippen LogP contribution in [0.4, 0.5) is 5.95 Å². The number of aromatic nitrogens is 4. The fourth-order valence-electron chi connectivity index (χ4n) is 4.13. The molecule has 168 valence electrons. The molecule has 2 aromatic heterocycles. The van der Waals surface area contributed by atoms with E-state index in [-0.39, 0.29) is 0 Å². The van der Waals surface area contributed by atoms with Crippen molar-refractivity contribution < 1.29 is 4.74 Å². The smallest absolute Gasteiger partial charge is 0.225 e. The van der Waals surface area contributed by atoms with Gasteiger partial charge in [-0.15, -0.1) is 0 Å². The van der Waals surface area contributed by atoms with E-state index in [1.807, 2.05) is 49.7 Å². The third-order valence-corrected chi connectivity index (χ3v) is 5.89. The lowest BCUT2D eigenvalue weighted by molar-refractivity contribution is 0.325. The first-order valence-corrected chi connectivity index (χ1v) is 11.2. The molecular weight excluding hydrogens is 400 g/mol. The van der Waals surface area contributed by atoms with Gasteiger partial charge in [0.25, 0.3) is 0 Å². The van der Waals surface area contributed by atoms with Crippen molar-refractivity contribution in [2.24, 2.45) is 0 Å². The molecule has 32 heavy (non-hydrogen) atoms. The number of ether oxygens (including phenoxy) is 1. The van der Waals surface area contributed by atoms with Crippen LogP contribution in [0.5, 0.6) is 5.75 Å². The van der Waals surface area contributed by atoms with Crippen molar-refractivity contribution in [1.82, 2.24) is 24.8 Å². The highest BCUT2D eigenvalue weighted by Gasteiger charge is 2.28. The second-order valence-corrected chi connectivity index (χ2v) is 8.92. The highest BCUT2D eigenvalue weighted by Crippen LogP contribution is 2.35. The van der Waals surface area contributed by atoms with Crippen LogP contribution in [0.15, 0.2) is 42.9 Å². The molecule has 0 bridgehead atoms. The van der Waals surface area contributed by atoms with Gasteiger partial charge >= 0.3 is 0 Å². The minimum atomic E-state index is 0.341. The third kappa shape index (κ3) is 4.88. The normalized spacial score (nSPS) is 16.5. The van der Waals surface area contributed by atoms with Crippen molar-refractivity contribution in [2.75, 3.05) is 39.2 Å². The lowest BCUT2D eigenvalue weighted by Gasteiger charge is -2.20. The van der Waals surface area contributed by atoms with Crippen LogP contribution in [0.1, 0.15) is 49.2 Å². The number of likely N-dealkylation sites (tertiary alicyclic amines) is 1. The van der Waals surface area contributed by atoms with Crippen molar-refractivity contribution in [3.8, 4) is 16.9 Å². The Bertz CT molecular complexity index is 1050. The van der Waals surface area contributed by atoms with E-state index in [1.54, 1.807) is 7.11 Å². The van der Waals surface area contributed by atoms with E-state index in [0.29, 0.717) is 11.8 Å². The molecular formula is C25H32N6O. The van der Waals surface area contributed by atoms with Gasteiger partial charge < -0.3 is 9.64 Å². The summed E-state index contributed by atoms with van der Waals surface area (Å²) < 4.78 is 5.44. The average Bonchev–Trinajstić information content (AvgIpc) is 3.27. The van der Waals surface area contributed by atoms with Crippen molar-refractivity contribution >= 4 is 5.95 Å². The molecule has 3 heterocycles. The number of hydrogen-bond acceptors (Lipinski definition) is 7. The van der Waals surface area contributed by atoms with Crippen LogP contribution in [0.3, 0.4) is 0 Å². The first kappa shape index (κ1) is 22.1. The largest absolute Gasteiger partial charge is 0.497 e. The predicted octanol–water partition coefficient (Wildman–Crippen LogP) is 4.12. The van der Waals surface area contributed by atoms with Crippen LogP contribution in [0, 0.1) is 0 Å². The summed E-state index contributed by atoms with van der Waals surface area (Å²) in [5, 5.41) is 0. The highest BCUT2D eigenvalue weighted by molar-refractivity contribution is 5.68. The average molecular weight is 433 g/mol. The van der Waals surface area contributed by atoms with E-state index in [1.165, 1.54) is 0 Å². The zero-order valence-electron chi connectivity index (χ0n) is 19.6. The van der Waals surface area contributed by atoms with Gasteiger partial charge in [0.15, 0.2) is 0 Å². The van der Waals surface area contributed by atoms with Crippen molar-refractivity contribution in [3.05, 3.63) is 59.9 Å². The third-order valence-electron chi connectivity index (χ3n) is 5.89. The van der Waals surface area contributed by atoms with E-state index in [2.05, 4.69) is 45.8 Å². The molecule has 0 unspecified atom stereocenters. The van der Waals surface area contributed by atoms with Crippen LogP contribution >= 0.6 is 0 Å².